The number of nitrogens with zero attached hydrogens (tertiary/aromatic N) is 2. The van der Waals surface area contributed by atoms with Gasteiger partial charge in [-0.05, 0) is 37.5 Å². The Balaban J connectivity index is 1.94. The van der Waals surface area contributed by atoms with E-state index in [2.05, 4.69) is 5.10 Å². The van der Waals surface area contributed by atoms with Crippen molar-refractivity contribution in [3.05, 3.63) is 65.7 Å². The van der Waals surface area contributed by atoms with Crippen LogP contribution in [0.1, 0.15) is 36.8 Å². The van der Waals surface area contributed by atoms with Gasteiger partial charge < -0.3 is 0 Å². The first-order valence-electron chi connectivity index (χ1n) is 8.27. The highest BCUT2D eigenvalue weighted by atomic mass is 32.2. The van der Waals surface area contributed by atoms with Crippen LogP contribution in [0, 0.1) is 6.92 Å². The van der Waals surface area contributed by atoms with E-state index < -0.39 is 10.0 Å². The van der Waals surface area contributed by atoms with Crippen LogP contribution < -0.4 is 0 Å². The Labute approximate surface area is 143 Å². The van der Waals surface area contributed by atoms with Crippen LogP contribution in [0.2, 0.25) is 0 Å². The van der Waals surface area contributed by atoms with Gasteiger partial charge in [0, 0.05) is 0 Å². The fourth-order valence-corrected chi connectivity index (χ4v) is 4.43. The molecule has 1 saturated carbocycles. The summed E-state index contributed by atoms with van der Waals surface area (Å²) in [4.78, 5) is 0.296. The first kappa shape index (κ1) is 16.7. The Morgan fingerprint density at radius 3 is 2.25 bits per heavy atom. The van der Waals surface area contributed by atoms with Crippen LogP contribution in [-0.2, 0) is 10.0 Å². The molecule has 3 rings (SSSR count). The predicted octanol–water partition coefficient (Wildman–Crippen LogP) is 3.96. The molecule has 0 N–H and O–H groups in total. The van der Waals surface area contributed by atoms with Gasteiger partial charge in [-0.25, -0.2) is 0 Å². The van der Waals surface area contributed by atoms with Crippen LogP contribution in [0.5, 0.6) is 0 Å². The third-order valence-corrected chi connectivity index (χ3v) is 6.08. The minimum absolute atomic E-state index is 0.0590. The molecule has 24 heavy (non-hydrogen) atoms. The highest BCUT2D eigenvalue weighted by Crippen LogP contribution is 2.29. The average molecular weight is 342 g/mol. The molecule has 5 heteroatoms. The Hall–Kier alpha value is -2.14. The molecular formula is C19H22N2O2S. The van der Waals surface area contributed by atoms with Gasteiger partial charge in [0.15, 0.2) is 0 Å². The quantitative estimate of drug-likeness (QED) is 0.610. The van der Waals surface area contributed by atoms with E-state index in [1.54, 1.807) is 18.3 Å². The van der Waals surface area contributed by atoms with Gasteiger partial charge in [-0.1, -0.05) is 60.9 Å². The van der Waals surface area contributed by atoms with Crippen molar-refractivity contribution in [2.24, 2.45) is 5.10 Å². The molecule has 0 aliphatic heterocycles. The van der Waals surface area contributed by atoms with Crippen molar-refractivity contribution in [3.8, 4) is 0 Å². The van der Waals surface area contributed by atoms with Crippen molar-refractivity contribution in [2.75, 3.05) is 0 Å². The number of hydrogen-bond donors (Lipinski definition) is 0. The van der Waals surface area contributed by atoms with Crippen LogP contribution in [0.25, 0.3) is 0 Å². The fraction of sp³-hybridized carbons (Fsp3) is 0.316. The Morgan fingerprint density at radius 1 is 1.00 bits per heavy atom. The third-order valence-electron chi connectivity index (χ3n) is 4.32. The van der Waals surface area contributed by atoms with Crippen LogP contribution in [0.4, 0.5) is 0 Å². The van der Waals surface area contributed by atoms with E-state index in [0.29, 0.717) is 4.90 Å². The molecule has 0 amide bonds. The molecule has 0 spiro atoms. The van der Waals surface area contributed by atoms with Gasteiger partial charge in [0.2, 0.25) is 0 Å². The van der Waals surface area contributed by atoms with Crippen molar-refractivity contribution in [1.29, 1.82) is 0 Å². The monoisotopic (exact) mass is 342 g/mol. The van der Waals surface area contributed by atoms with Crippen molar-refractivity contribution in [3.63, 3.8) is 0 Å². The zero-order valence-corrected chi connectivity index (χ0v) is 14.6. The lowest BCUT2D eigenvalue weighted by Gasteiger charge is -2.25. The van der Waals surface area contributed by atoms with Crippen molar-refractivity contribution >= 4 is 16.2 Å². The summed E-state index contributed by atoms with van der Waals surface area (Å²) in [6.45, 7) is 1.94. The zero-order valence-electron chi connectivity index (χ0n) is 13.8. The highest BCUT2D eigenvalue weighted by molar-refractivity contribution is 7.89. The maximum Gasteiger partial charge on any atom is 0.279 e. The number of aryl methyl sites for hydroxylation is 1. The highest BCUT2D eigenvalue weighted by Gasteiger charge is 2.32. The summed E-state index contributed by atoms with van der Waals surface area (Å²) in [6.07, 6.45) is 5.44. The lowest BCUT2D eigenvalue weighted by molar-refractivity contribution is 0.337. The SMILES string of the molecule is Cc1ccc(S(=O)(=O)N(/N=C/c2ccccc2)C2CCCC2)cc1. The first-order chi connectivity index (χ1) is 11.6. The molecule has 4 nitrogen and oxygen atoms in total. The summed E-state index contributed by atoms with van der Waals surface area (Å²) in [5.74, 6) is 0. The third kappa shape index (κ3) is 3.67. The molecule has 1 aliphatic carbocycles. The second-order valence-corrected chi connectivity index (χ2v) is 7.98. The molecule has 0 aromatic heterocycles. The first-order valence-corrected chi connectivity index (χ1v) is 9.71. The molecule has 2 aromatic rings. The Bertz CT molecular complexity index is 793. The molecule has 1 fully saturated rings. The summed E-state index contributed by atoms with van der Waals surface area (Å²) in [5.41, 5.74) is 1.92. The zero-order chi connectivity index (χ0) is 17.0. The molecule has 1 aliphatic rings. The van der Waals surface area contributed by atoms with E-state index in [0.717, 1.165) is 36.8 Å². The minimum Gasteiger partial charge on any atom is -0.200 e. The van der Waals surface area contributed by atoms with Crippen molar-refractivity contribution < 1.29 is 8.42 Å². The number of hydrazone groups is 1. The van der Waals surface area contributed by atoms with Gasteiger partial charge >= 0.3 is 0 Å². The van der Waals surface area contributed by atoms with Gasteiger partial charge in [0.05, 0.1) is 17.2 Å². The lowest BCUT2D eigenvalue weighted by Crippen LogP contribution is -2.34. The van der Waals surface area contributed by atoms with Crippen molar-refractivity contribution in [2.45, 2.75) is 43.5 Å². The summed E-state index contributed by atoms with van der Waals surface area (Å²) < 4.78 is 27.4. The van der Waals surface area contributed by atoms with E-state index in [9.17, 15) is 8.42 Å². The van der Waals surface area contributed by atoms with Gasteiger partial charge in [-0.15, -0.1) is 0 Å². The molecule has 0 bridgehead atoms. The molecule has 126 valence electrons. The van der Waals surface area contributed by atoms with E-state index in [4.69, 9.17) is 0 Å². The summed E-state index contributed by atoms with van der Waals surface area (Å²) in [7, 11) is -3.64. The fourth-order valence-electron chi connectivity index (χ4n) is 2.96. The molecule has 0 atom stereocenters. The molecule has 0 saturated heterocycles. The second-order valence-electron chi connectivity index (χ2n) is 6.18. The Kier molecular flexibility index (Phi) is 5.00. The van der Waals surface area contributed by atoms with Crippen molar-refractivity contribution in [1.82, 2.24) is 4.41 Å². The number of sulfonamides is 1. The summed E-state index contributed by atoms with van der Waals surface area (Å²) in [5, 5.41) is 4.37. The maximum atomic E-state index is 13.1. The van der Waals surface area contributed by atoms with Gasteiger partial charge in [-0.3, -0.25) is 0 Å². The van der Waals surface area contributed by atoms with Gasteiger partial charge in [-0.2, -0.15) is 17.9 Å². The van der Waals surface area contributed by atoms with E-state index in [-0.39, 0.29) is 6.04 Å². The van der Waals surface area contributed by atoms with Gasteiger partial charge in [0.25, 0.3) is 10.0 Å². The standard InChI is InChI=1S/C19H22N2O2S/c1-16-11-13-19(14-12-16)24(22,23)21(18-9-5-6-10-18)20-15-17-7-3-2-4-8-17/h2-4,7-8,11-15,18H,5-6,9-10H2,1H3/b20-15+. The summed E-state index contributed by atoms with van der Waals surface area (Å²) in [6, 6.07) is 16.5. The minimum atomic E-state index is -3.64. The van der Waals surface area contributed by atoms with E-state index in [1.165, 1.54) is 4.41 Å². The maximum absolute atomic E-state index is 13.1. The number of hydrogen-bond acceptors (Lipinski definition) is 3. The second kappa shape index (κ2) is 7.18. The molecule has 2 aromatic carbocycles. The van der Waals surface area contributed by atoms with Crippen LogP contribution >= 0.6 is 0 Å². The van der Waals surface area contributed by atoms with Crippen LogP contribution in [0.15, 0.2) is 64.6 Å². The van der Waals surface area contributed by atoms with E-state index >= 15 is 0 Å². The number of rotatable bonds is 5. The van der Waals surface area contributed by atoms with Crippen LogP contribution in [-0.4, -0.2) is 25.1 Å². The number of benzene rings is 2. The van der Waals surface area contributed by atoms with E-state index in [1.807, 2.05) is 49.4 Å². The molecule has 0 radical (unpaired) electrons. The predicted molar refractivity (Wildman–Crippen MR) is 96.5 cm³/mol. The molecule has 0 heterocycles. The van der Waals surface area contributed by atoms with Gasteiger partial charge in [0.1, 0.15) is 0 Å². The topological polar surface area (TPSA) is 49.7 Å². The van der Waals surface area contributed by atoms with Crippen LogP contribution in [0.3, 0.4) is 0 Å². The smallest absolute Gasteiger partial charge is 0.200 e. The summed E-state index contributed by atoms with van der Waals surface area (Å²) >= 11 is 0. The Morgan fingerprint density at radius 2 is 1.62 bits per heavy atom. The lowest BCUT2D eigenvalue weighted by atomic mass is 10.2. The normalized spacial score (nSPS) is 15.9. The largest absolute Gasteiger partial charge is 0.279 e. The molecular weight excluding hydrogens is 320 g/mol. The molecule has 0 unspecified atom stereocenters. The average Bonchev–Trinajstić information content (AvgIpc) is 3.10.